The van der Waals surface area contributed by atoms with Gasteiger partial charge in [-0.1, -0.05) is 36.4 Å². The van der Waals surface area contributed by atoms with Crippen molar-refractivity contribution in [3.05, 3.63) is 177 Å². The van der Waals surface area contributed by atoms with Gasteiger partial charge in [0.2, 0.25) is 0 Å². The van der Waals surface area contributed by atoms with E-state index >= 15 is 0 Å². The molecule has 0 N–H and O–H groups in total. The molecule has 0 unspecified atom stereocenters. The first-order valence-electron chi connectivity index (χ1n) is 21.5. The summed E-state index contributed by atoms with van der Waals surface area (Å²) in [6.07, 6.45) is 11.8. The number of fused-ring (bicyclic) bond motifs is 8. The molecule has 0 radical (unpaired) electrons. The third-order valence-corrected chi connectivity index (χ3v) is 14.3. The van der Waals surface area contributed by atoms with Crippen LogP contribution in [0.5, 0.6) is 0 Å². The summed E-state index contributed by atoms with van der Waals surface area (Å²) in [7, 11) is 0. The molecule has 0 bridgehead atoms. The second-order valence-corrected chi connectivity index (χ2v) is 17.6. The molecule has 290 valence electrons. The Hall–Kier alpha value is -6.78. The SMILES string of the molecule is Cc1cc(-c2ccc3c(c2)c2cc4c5c(c2n3-c2cccnc2)CCc2c-5c(cc3c5cc(-c6cc(C)c(C)c(C)c6)ccc5n(-c5cccnc5)c23)CC4)cc(C)c1C. The Balaban J connectivity index is 1.14. The van der Waals surface area contributed by atoms with Crippen LogP contribution in [0.15, 0.2) is 122 Å². The number of aromatic nitrogens is 4. The highest BCUT2D eigenvalue weighted by Gasteiger charge is 2.33. The van der Waals surface area contributed by atoms with Gasteiger partial charge in [-0.05, 0) is 217 Å². The van der Waals surface area contributed by atoms with Gasteiger partial charge in [0.05, 0.1) is 45.8 Å². The van der Waals surface area contributed by atoms with Gasteiger partial charge in [0, 0.05) is 33.9 Å². The maximum absolute atomic E-state index is 4.64. The first kappa shape index (κ1) is 35.2. The van der Waals surface area contributed by atoms with Gasteiger partial charge in [0.1, 0.15) is 0 Å². The van der Waals surface area contributed by atoms with E-state index in [1.807, 2.05) is 24.8 Å². The van der Waals surface area contributed by atoms with E-state index in [2.05, 4.69) is 158 Å². The number of rotatable bonds is 4. The Bertz CT molecular complexity index is 3190. The van der Waals surface area contributed by atoms with Crippen molar-refractivity contribution >= 4 is 43.6 Å². The number of aryl methyl sites for hydroxylation is 8. The van der Waals surface area contributed by atoms with E-state index in [1.54, 1.807) is 0 Å². The van der Waals surface area contributed by atoms with Crippen LogP contribution in [0.3, 0.4) is 0 Å². The zero-order valence-corrected chi connectivity index (χ0v) is 35.2. The van der Waals surface area contributed by atoms with Crippen LogP contribution in [0, 0.1) is 41.5 Å². The zero-order valence-electron chi connectivity index (χ0n) is 35.2. The molecule has 0 saturated heterocycles. The Morgan fingerprint density at radius 2 is 0.833 bits per heavy atom. The fraction of sp³-hybridized carbons (Fsp3) is 0.179. The Kier molecular flexibility index (Phi) is 7.54. The molecule has 60 heavy (non-hydrogen) atoms. The molecular formula is C56H46N4. The summed E-state index contributed by atoms with van der Waals surface area (Å²) in [5, 5.41) is 5.30. The minimum absolute atomic E-state index is 0.965. The van der Waals surface area contributed by atoms with Crippen LogP contribution in [0.2, 0.25) is 0 Å². The van der Waals surface area contributed by atoms with Crippen LogP contribution in [0.4, 0.5) is 0 Å². The van der Waals surface area contributed by atoms with Crippen molar-refractivity contribution in [3.63, 3.8) is 0 Å². The number of pyridine rings is 2. The highest BCUT2D eigenvalue weighted by atomic mass is 15.0. The van der Waals surface area contributed by atoms with Crippen molar-refractivity contribution in [2.45, 2.75) is 67.2 Å². The van der Waals surface area contributed by atoms with Crippen molar-refractivity contribution in [1.82, 2.24) is 19.1 Å². The highest BCUT2D eigenvalue weighted by Crippen LogP contribution is 2.51. The van der Waals surface area contributed by atoms with Crippen LogP contribution in [0.1, 0.15) is 55.6 Å². The molecule has 4 nitrogen and oxygen atoms in total. The molecule has 2 aliphatic rings. The van der Waals surface area contributed by atoms with Gasteiger partial charge in [-0.3, -0.25) is 9.97 Å². The maximum atomic E-state index is 4.64. The van der Waals surface area contributed by atoms with E-state index in [4.69, 9.17) is 0 Å². The summed E-state index contributed by atoms with van der Waals surface area (Å²) in [5.41, 5.74) is 29.3. The van der Waals surface area contributed by atoms with Crippen molar-refractivity contribution < 1.29 is 0 Å². The van der Waals surface area contributed by atoms with Crippen LogP contribution in [-0.4, -0.2) is 19.1 Å². The van der Waals surface area contributed by atoms with Crippen molar-refractivity contribution in [2.75, 3.05) is 0 Å². The zero-order chi connectivity index (χ0) is 40.6. The lowest BCUT2D eigenvalue weighted by molar-refractivity contribution is 0.883. The third kappa shape index (κ3) is 4.97. The normalized spacial score (nSPS) is 13.2. The van der Waals surface area contributed by atoms with Crippen LogP contribution in [0.25, 0.3) is 88.4 Å². The molecule has 0 spiro atoms. The Morgan fingerprint density at radius 1 is 0.417 bits per heavy atom. The number of hydrogen-bond acceptors (Lipinski definition) is 2. The van der Waals surface area contributed by atoms with E-state index in [1.165, 1.54) is 133 Å². The molecule has 0 aliphatic heterocycles. The average Bonchev–Trinajstić information content (AvgIpc) is 3.78. The molecular weight excluding hydrogens is 729 g/mol. The lowest BCUT2D eigenvalue weighted by Crippen LogP contribution is -2.16. The summed E-state index contributed by atoms with van der Waals surface area (Å²) >= 11 is 0. The molecule has 4 heterocycles. The Morgan fingerprint density at radius 3 is 1.22 bits per heavy atom. The molecule has 12 rings (SSSR count). The highest BCUT2D eigenvalue weighted by molar-refractivity contribution is 6.17. The lowest BCUT2D eigenvalue weighted by atomic mass is 9.74. The van der Waals surface area contributed by atoms with Crippen molar-refractivity contribution in [2.24, 2.45) is 0 Å². The monoisotopic (exact) mass is 774 g/mol. The topological polar surface area (TPSA) is 35.6 Å². The van der Waals surface area contributed by atoms with Gasteiger partial charge >= 0.3 is 0 Å². The molecule has 0 atom stereocenters. The second kappa shape index (κ2) is 12.9. The van der Waals surface area contributed by atoms with Gasteiger partial charge in [-0.15, -0.1) is 0 Å². The van der Waals surface area contributed by atoms with Gasteiger partial charge < -0.3 is 9.13 Å². The van der Waals surface area contributed by atoms with Crippen LogP contribution >= 0.6 is 0 Å². The van der Waals surface area contributed by atoms with Crippen molar-refractivity contribution in [3.8, 4) is 44.8 Å². The van der Waals surface area contributed by atoms with Crippen LogP contribution < -0.4 is 0 Å². The molecule has 4 aromatic heterocycles. The first-order chi connectivity index (χ1) is 29.2. The maximum Gasteiger partial charge on any atom is 0.0645 e. The predicted molar refractivity (Wildman–Crippen MR) is 250 cm³/mol. The summed E-state index contributed by atoms with van der Waals surface area (Å²) in [6, 6.07) is 37.3. The largest absolute Gasteiger partial charge is 0.307 e. The van der Waals surface area contributed by atoms with E-state index in [-0.39, 0.29) is 0 Å². The van der Waals surface area contributed by atoms with Gasteiger partial charge in [-0.2, -0.15) is 0 Å². The number of benzene rings is 6. The molecule has 10 aromatic rings. The van der Waals surface area contributed by atoms with Gasteiger partial charge in [-0.25, -0.2) is 0 Å². The third-order valence-electron chi connectivity index (χ3n) is 14.3. The van der Waals surface area contributed by atoms with Gasteiger partial charge in [0.25, 0.3) is 0 Å². The van der Waals surface area contributed by atoms with E-state index in [0.29, 0.717) is 0 Å². The average molecular weight is 775 g/mol. The van der Waals surface area contributed by atoms with Crippen molar-refractivity contribution in [1.29, 1.82) is 0 Å². The molecule has 2 aliphatic carbocycles. The van der Waals surface area contributed by atoms with E-state index in [9.17, 15) is 0 Å². The first-order valence-corrected chi connectivity index (χ1v) is 21.5. The Labute approximate surface area is 350 Å². The second-order valence-electron chi connectivity index (χ2n) is 17.6. The lowest BCUT2D eigenvalue weighted by Gasteiger charge is -2.31. The van der Waals surface area contributed by atoms with E-state index in [0.717, 1.165) is 37.1 Å². The molecule has 0 amide bonds. The molecule has 6 aromatic carbocycles. The van der Waals surface area contributed by atoms with Crippen LogP contribution in [-0.2, 0) is 25.7 Å². The summed E-state index contributed by atoms with van der Waals surface area (Å²) < 4.78 is 5.01. The predicted octanol–water partition coefficient (Wildman–Crippen LogP) is 13.7. The minimum atomic E-state index is 0.965. The molecule has 0 fully saturated rings. The quantitative estimate of drug-likeness (QED) is 0.178. The summed E-state index contributed by atoms with van der Waals surface area (Å²) in [5.74, 6) is 0. The molecule has 4 heteroatoms. The summed E-state index contributed by atoms with van der Waals surface area (Å²) in [4.78, 5) is 9.28. The standard InChI is InChI=1S/C56H46N4/c1-31-21-41(22-32(2)35(31)5)37-13-17-51-47(25-37)49-27-39-11-12-40-28-50-48-26-38(42-23-33(3)36(6)34(4)24-42)14-18-52(48)60(44-10-8-20-58-30-44)56(50)46-16-15-45(53(39)54(40)46)55(49)59(51)43-9-7-19-57-29-43/h7-10,13-14,17-30H,11-12,15-16H2,1-6H3. The molecule has 0 saturated carbocycles. The summed E-state index contributed by atoms with van der Waals surface area (Å²) in [6.45, 7) is 13.4. The minimum Gasteiger partial charge on any atom is -0.307 e. The van der Waals surface area contributed by atoms with E-state index < -0.39 is 0 Å². The number of nitrogens with zero attached hydrogens (tertiary/aromatic N) is 4. The number of hydrogen-bond donors (Lipinski definition) is 0. The fourth-order valence-electron chi connectivity index (χ4n) is 10.9. The fourth-order valence-corrected chi connectivity index (χ4v) is 10.9. The van der Waals surface area contributed by atoms with Gasteiger partial charge in [0.15, 0.2) is 0 Å². The smallest absolute Gasteiger partial charge is 0.0645 e.